The third-order valence-corrected chi connectivity index (χ3v) is 5.43. The van der Waals surface area contributed by atoms with Crippen molar-refractivity contribution in [3.63, 3.8) is 0 Å². The molecule has 4 aromatic rings. The summed E-state index contributed by atoms with van der Waals surface area (Å²) in [4.78, 5) is 0. The van der Waals surface area contributed by atoms with Gasteiger partial charge in [0.15, 0.2) is 34.5 Å². The number of aromatic hydroxyl groups is 6. The van der Waals surface area contributed by atoms with Gasteiger partial charge in [0, 0.05) is 0 Å². The lowest BCUT2D eigenvalue weighted by Crippen LogP contribution is -1.97. The van der Waals surface area contributed by atoms with Crippen molar-refractivity contribution in [3.05, 3.63) is 60.7 Å². The van der Waals surface area contributed by atoms with Gasteiger partial charge in [0.2, 0.25) is 0 Å². The second kappa shape index (κ2) is 6.09. The van der Waals surface area contributed by atoms with Crippen LogP contribution in [-0.2, 0) is 0 Å². The van der Waals surface area contributed by atoms with Crippen LogP contribution in [0.3, 0.4) is 0 Å². The van der Waals surface area contributed by atoms with Crippen molar-refractivity contribution in [1.82, 2.24) is 0 Å². The fourth-order valence-corrected chi connectivity index (χ4v) is 4.02. The molecule has 30 heavy (non-hydrogen) atoms. The molecule has 1 aliphatic rings. The van der Waals surface area contributed by atoms with Crippen LogP contribution >= 0.6 is 0 Å². The molecular formula is C24H16O6. The van der Waals surface area contributed by atoms with E-state index in [4.69, 9.17) is 0 Å². The summed E-state index contributed by atoms with van der Waals surface area (Å²) in [6, 6.07) is 15.7. The van der Waals surface area contributed by atoms with E-state index in [1.165, 1.54) is 36.4 Å². The van der Waals surface area contributed by atoms with Gasteiger partial charge in [-0.3, -0.25) is 0 Å². The van der Waals surface area contributed by atoms with Gasteiger partial charge in [0.25, 0.3) is 0 Å². The third-order valence-electron chi connectivity index (χ3n) is 5.43. The highest BCUT2D eigenvalue weighted by Gasteiger charge is 2.26. The largest absolute Gasteiger partial charge is 0.504 e. The highest BCUT2D eigenvalue weighted by Crippen LogP contribution is 2.53. The van der Waals surface area contributed by atoms with Crippen LogP contribution in [0.1, 0.15) is 0 Å². The fourth-order valence-electron chi connectivity index (χ4n) is 4.02. The van der Waals surface area contributed by atoms with Crippen LogP contribution in [0.2, 0.25) is 0 Å². The Bertz CT molecular complexity index is 1250. The van der Waals surface area contributed by atoms with Gasteiger partial charge in [-0.2, -0.15) is 0 Å². The molecule has 6 N–H and O–H groups in total. The predicted molar refractivity (Wildman–Crippen MR) is 112 cm³/mol. The minimum atomic E-state index is -0.356. The normalized spacial score (nSPS) is 11.5. The van der Waals surface area contributed by atoms with Gasteiger partial charge in [-0.05, 0) is 80.9 Å². The molecule has 0 fully saturated rings. The van der Waals surface area contributed by atoms with E-state index >= 15 is 0 Å². The smallest absolute Gasteiger partial charge is 0.158 e. The molecule has 0 aromatic heterocycles. The quantitative estimate of drug-likeness (QED) is 0.206. The second-order valence-corrected chi connectivity index (χ2v) is 7.21. The summed E-state index contributed by atoms with van der Waals surface area (Å²) < 4.78 is 0. The van der Waals surface area contributed by atoms with Crippen molar-refractivity contribution in [1.29, 1.82) is 0 Å². The summed E-state index contributed by atoms with van der Waals surface area (Å²) in [7, 11) is 0. The van der Waals surface area contributed by atoms with E-state index < -0.39 is 0 Å². The van der Waals surface area contributed by atoms with Gasteiger partial charge in [-0.25, -0.2) is 0 Å². The molecule has 4 aromatic carbocycles. The molecule has 6 heteroatoms. The molecule has 0 aliphatic heterocycles. The average molecular weight is 400 g/mol. The summed E-state index contributed by atoms with van der Waals surface area (Å²) in [5, 5.41) is 61.1. The van der Waals surface area contributed by atoms with E-state index in [1.54, 1.807) is 0 Å². The number of hydrogen-bond donors (Lipinski definition) is 6. The Balaban J connectivity index is 2.04. The summed E-state index contributed by atoms with van der Waals surface area (Å²) in [6.45, 7) is 0. The first kappa shape index (κ1) is 17.8. The van der Waals surface area contributed by atoms with E-state index in [0.717, 1.165) is 0 Å². The minimum absolute atomic E-state index is 0.303. The molecule has 6 nitrogen and oxygen atoms in total. The molecule has 0 heterocycles. The number of hydrogen-bond acceptors (Lipinski definition) is 6. The van der Waals surface area contributed by atoms with E-state index in [2.05, 4.69) is 0 Å². The molecular weight excluding hydrogens is 384 g/mol. The molecule has 5 rings (SSSR count). The number of fused-ring (bicyclic) bond motifs is 8. The van der Waals surface area contributed by atoms with Gasteiger partial charge in [0.1, 0.15) is 0 Å². The Labute approximate surface area is 170 Å². The summed E-state index contributed by atoms with van der Waals surface area (Å²) >= 11 is 0. The molecule has 0 spiro atoms. The summed E-state index contributed by atoms with van der Waals surface area (Å²) in [6.07, 6.45) is 0. The van der Waals surface area contributed by atoms with Crippen molar-refractivity contribution in [2.45, 2.75) is 0 Å². The number of benzene rings is 4. The Morgan fingerprint density at radius 3 is 0.733 bits per heavy atom. The molecule has 0 unspecified atom stereocenters. The number of phenols is 6. The maximum absolute atomic E-state index is 10.2. The zero-order valence-corrected chi connectivity index (χ0v) is 15.5. The molecule has 0 saturated heterocycles. The summed E-state index contributed by atoms with van der Waals surface area (Å²) in [5.41, 5.74) is 4.58. The fraction of sp³-hybridized carbons (Fsp3) is 0. The molecule has 148 valence electrons. The lowest BCUT2D eigenvalue weighted by molar-refractivity contribution is 0.403. The van der Waals surface area contributed by atoms with Crippen molar-refractivity contribution in [2.24, 2.45) is 0 Å². The molecule has 0 atom stereocenters. The van der Waals surface area contributed by atoms with E-state index in [0.29, 0.717) is 44.5 Å². The molecule has 1 aliphatic carbocycles. The minimum Gasteiger partial charge on any atom is -0.504 e. The number of rotatable bonds is 0. The van der Waals surface area contributed by atoms with Gasteiger partial charge in [-0.1, -0.05) is 24.3 Å². The molecule has 0 amide bonds. The zero-order valence-electron chi connectivity index (χ0n) is 15.5. The van der Waals surface area contributed by atoms with Crippen LogP contribution in [0.4, 0.5) is 0 Å². The van der Waals surface area contributed by atoms with Gasteiger partial charge in [0.05, 0.1) is 0 Å². The highest BCUT2D eigenvalue weighted by molar-refractivity contribution is 6.04. The van der Waals surface area contributed by atoms with Gasteiger partial charge < -0.3 is 30.6 Å². The van der Waals surface area contributed by atoms with Crippen LogP contribution in [0.25, 0.3) is 44.5 Å². The molecule has 0 bridgehead atoms. The second-order valence-electron chi connectivity index (χ2n) is 7.21. The SMILES string of the molecule is Oc1cc2c(cc1O)-c1cc(O)c(O)cc1-c1cc(O)c(O)cc1-c1ccccc1-2. The first-order chi connectivity index (χ1) is 14.3. The standard InChI is InChI=1S/C24H16O6/c25-19-5-13-11-3-1-2-4-12(11)14-6-20(26)22(28)8-16(14)18-10-24(30)23(29)9-17(18)15(13)7-21(19)27/h1-10,25-30H. The molecule has 0 radical (unpaired) electrons. The van der Waals surface area contributed by atoms with Crippen molar-refractivity contribution >= 4 is 0 Å². The Morgan fingerprint density at radius 2 is 0.500 bits per heavy atom. The van der Waals surface area contributed by atoms with E-state index in [-0.39, 0.29) is 34.5 Å². The Kier molecular flexibility index (Phi) is 3.60. The number of phenolic OH excluding ortho intramolecular Hbond substituents is 6. The van der Waals surface area contributed by atoms with E-state index in [9.17, 15) is 30.6 Å². The Morgan fingerprint density at radius 1 is 0.300 bits per heavy atom. The van der Waals surface area contributed by atoms with Crippen molar-refractivity contribution in [3.8, 4) is 79.0 Å². The molecule has 0 saturated carbocycles. The van der Waals surface area contributed by atoms with Gasteiger partial charge >= 0.3 is 0 Å². The highest BCUT2D eigenvalue weighted by atomic mass is 16.3. The van der Waals surface area contributed by atoms with Gasteiger partial charge in [-0.15, -0.1) is 0 Å². The maximum atomic E-state index is 10.2. The van der Waals surface area contributed by atoms with E-state index in [1.807, 2.05) is 24.3 Å². The summed E-state index contributed by atoms with van der Waals surface area (Å²) in [5.74, 6) is -1.99. The maximum Gasteiger partial charge on any atom is 0.158 e. The van der Waals surface area contributed by atoms with Crippen molar-refractivity contribution < 1.29 is 30.6 Å². The topological polar surface area (TPSA) is 121 Å². The van der Waals surface area contributed by atoms with Crippen LogP contribution in [0.5, 0.6) is 34.5 Å². The van der Waals surface area contributed by atoms with Crippen LogP contribution < -0.4 is 0 Å². The van der Waals surface area contributed by atoms with Crippen LogP contribution in [0.15, 0.2) is 60.7 Å². The van der Waals surface area contributed by atoms with Crippen LogP contribution in [-0.4, -0.2) is 30.6 Å². The first-order valence-corrected chi connectivity index (χ1v) is 9.13. The lowest BCUT2D eigenvalue weighted by atomic mass is 9.80. The van der Waals surface area contributed by atoms with Crippen LogP contribution in [0, 0.1) is 0 Å². The lowest BCUT2D eigenvalue weighted by Gasteiger charge is -2.24. The zero-order chi connectivity index (χ0) is 21.2. The first-order valence-electron chi connectivity index (χ1n) is 9.13. The third kappa shape index (κ3) is 2.44. The predicted octanol–water partition coefficient (Wildman–Crippen LogP) is 4.90. The monoisotopic (exact) mass is 400 g/mol. The average Bonchev–Trinajstić information content (AvgIpc) is 2.72. The van der Waals surface area contributed by atoms with Crippen molar-refractivity contribution in [2.75, 3.05) is 0 Å². The Hall–Kier alpha value is -4.32.